The second-order valence-corrected chi connectivity index (χ2v) is 19.5. The number of hydrogen-bond donors (Lipinski definition) is 1. The molecule has 0 aromatic heterocycles. The average molecular weight is 631 g/mol. The molecular formula is C34H63ClO6Si. The van der Waals surface area contributed by atoms with E-state index in [1.807, 2.05) is 13.0 Å². The number of unbranched alkanes of at least 4 members (excludes halogenated alkanes) is 3. The summed E-state index contributed by atoms with van der Waals surface area (Å²) in [5.74, 6) is 0.383. The molecule has 2 fully saturated rings. The number of hydrogen-bond acceptors (Lipinski definition) is 6. The molecular weight excluding hydrogens is 568 g/mol. The van der Waals surface area contributed by atoms with E-state index in [1.54, 1.807) is 0 Å². The summed E-state index contributed by atoms with van der Waals surface area (Å²) in [6.45, 7) is 16.9. The topological polar surface area (TPSA) is 74.2 Å². The van der Waals surface area contributed by atoms with Crippen molar-refractivity contribution < 1.29 is 28.5 Å². The van der Waals surface area contributed by atoms with Gasteiger partial charge in [-0.15, -0.1) is 11.6 Å². The number of esters is 1. The maximum atomic E-state index is 11.7. The summed E-state index contributed by atoms with van der Waals surface area (Å²) >= 11 is 6.94. The van der Waals surface area contributed by atoms with Crippen LogP contribution in [0.15, 0.2) is 12.2 Å². The fraction of sp³-hybridized carbons (Fsp3) is 0.912. The number of aliphatic hydroxyl groups is 1. The molecule has 0 radical (unpaired) electrons. The standard InChI is InChI=1S/C34H63ClO6Si/c1-8-23-38-32(37)19-12-10-9-11-18-28-29(31(25-30(28)35)40-33-20-13-14-24-39-33)22-21-27(36)17-15-16-26(2)41-42(6,7)34(3,4)5/h21-22,26-31,33,36H,8-20,23-25H2,1-7H3/t26-,27+,28-,29+,30+,31-,33?/m1/s1. The van der Waals surface area contributed by atoms with Crippen LogP contribution in [0.5, 0.6) is 0 Å². The van der Waals surface area contributed by atoms with Crippen LogP contribution in [0.25, 0.3) is 0 Å². The van der Waals surface area contributed by atoms with Crippen LogP contribution in [0.4, 0.5) is 0 Å². The first-order chi connectivity index (χ1) is 19.8. The fourth-order valence-electron chi connectivity index (χ4n) is 5.87. The fourth-order valence-corrected chi connectivity index (χ4v) is 7.81. The predicted molar refractivity (Wildman–Crippen MR) is 175 cm³/mol. The van der Waals surface area contributed by atoms with Gasteiger partial charge in [-0.05, 0) is 95.2 Å². The summed E-state index contributed by atoms with van der Waals surface area (Å²) in [5, 5.41) is 11.1. The van der Waals surface area contributed by atoms with Crippen molar-refractivity contribution in [2.45, 2.75) is 173 Å². The third-order valence-electron chi connectivity index (χ3n) is 9.41. The Labute approximate surface area is 263 Å². The van der Waals surface area contributed by atoms with E-state index in [2.05, 4.69) is 46.9 Å². The summed E-state index contributed by atoms with van der Waals surface area (Å²) in [5.41, 5.74) is 0. The minimum Gasteiger partial charge on any atom is -0.466 e. The van der Waals surface area contributed by atoms with E-state index in [9.17, 15) is 9.90 Å². The van der Waals surface area contributed by atoms with Crippen molar-refractivity contribution in [1.82, 2.24) is 0 Å². The van der Waals surface area contributed by atoms with E-state index < -0.39 is 14.4 Å². The van der Waals surface area contributed by atoms with E-state index in [-0.39, 0.29) is 40.8 Å². The highest BCUT2D eigenvalue weighted by atomic mass is 35.5. The summed E-state index contributed by atoms with van der Waals surface area (Å²) in [7, 11) is -1.78. The molecule has 1 N–H and O–H groups in total. The lowest BCUT2D eigenvalue weighted by molar-refractivity contribution is -0.192. The molecule has 7 atom stereocenters. The Morgan fingerprint density at radius 2 is 1.86 bits per heavy atom. The van der Waals surface area contributed by atoms with E-state index in [0.29, 0.717) is 18.9 Å². The van der Waals surface area contributed by atoms with E-state index in [0.717, 1.165) is 90.1 Å². The number of ether oxygens (including phenoxy) is 3. The molecule has 42 heavy (non-hydrogen) atoms. The van der Waals surface area contributed by atoms with Crippen molar-refractivity contribution in [1.29, 1.82) is 0 Å². The molecule has 6 nitrogen and oxygen atoms in total. The zero-order valence-corrected chi connectivity index (χ0v) is 29.6. The van der Waals surface area contributed by atoms with Gasteiger partial charge in [0.15, 0.2) is 14.6 Å². The Morgan fingerprint density at radius 1 is 1.12 bits per heavy atom. The van der Waals surface area contributed by atoms with Gasteiger partial charge in [-0.1, -0.05) is 59.1 Å². The van der Waals surface area contributed by atoms with Crippen LogP contribution in [0.3, 0.4) is 0 Å². The molecule has 0 aromatic rings. The Kier molecular flexibility index (Phi) is 17.2. The van der Waals surface area contributed by atoms with Gasteiger partial charge < -0.3 is 23.7 Å². The minimum absolute atomic E-state index is 0.00963. The normalized spacial score (nSPS) is 26.9. The molecule has 0 aromatic carbocycles. The molecule has 0 spiro atoms. The minimum atomic E-state index is -1.78. The van der Waals surface area contributed by atoms with Crippen LogP contribution in [0.1, 0.15) is 125 Å². The molecule has 2 aliphatic rings. The van der Waals surface area contributed by atoms with Crippen molar-refractivity contribution in [3.05, 3.63) is 12.2 Å². The lowest BCUT2D eigenvalue weighted by Crippen LogP contribution is -2.43. The maximum Gasteiger partial charge on any atom is 0.305 e. The van der Waals surface area contributed by atoms with E-state index in [1.165, 1.54) is 0 Å². The van der Waals surface area contributed by atoms with Gasteiger partial charge in [0.25, 0.3) is 0 Å². The first-order valence-corrected chi connectivity index (χ1v) is 20.3. The van der Waals surface area contributed by atoms with Gasteiger partial charge in [0.05, 0.1) is 18.8 Å². The Balaban J connectivity index is 1.87. The van der Waals surface area contributed by atoms with Crippen LogP contribution >= 0.6 is 11.6 Å². The van der Waals surface area contributed by atoms with E-state index in [4.69, 9.17) is 30.2 Å². The van der Waals surface area contributed by atoms with Crippen molar-refractivity contribution in [2.75, 3.05) is 13.2 Å². The van der Waals surface area contributed by atoms with Gasteiger partial charge in [0.1, 0.15) is 0 Å². The number of rotatable bonds is 19. The summed E-state index contributed by atoms with van der Waals surface area (Å²) in [6.07, 6.45) is 16.7. The monoisotopic (exact) mass is 630 g/mol. The highest BCUT2D eigenvalue weighted by Crippen LogP contribution is 2.43. The molecule has 0 bridgehead atoms. The van der Waals surface area contributed by atoms with Crippen LogP contribution in [-0.4, -0.2) is 62.6 Å². The van der Waals surface area contributed by atoms with Gasteiger partial charge in [-0.3, -0.25) is 4.79 Å². The van der Waals surface area contributed by atoms with Gasteiger partial charge in [0.2, 0.25) is 0 Å². The molecule has 1 aliphatic heterocycles. The third-order valence-corrected chi connectivity index (χ3v) is 14.5. The van der Waals surface area contributed by atoms with Gasteiger partial charge in [-0.2, -0.15) is 0 Å². The number of halogens is 1. The second-order valence-electron chi connectivity index (χ2n) is 14.2. The highest BCUT2D eigenvalue weighted by molar-refractivity contribution is 6.74. The van der Waals surface area contributed by atoms with Crippen LogP contribution in [0.2, 0.25) is 18.1 Å². The van der Waals surface area contributed by atoms with Crippen LogP contribution in [-0.2, 0) is 23.4 Å². The number of aliphatic hydroxyl groups excluding tert-OH is 1. The summed E-state index contributed by atoms with van der Waals surface area (Å²) in [6, 6.07) is 0. The lowest BCUT2D eigenvalue weighted by Gasteiger charge is -2.38. The molecule has 1 saturated heterocycles. The number of carbonyl (C=O) groups excluding carboxylic acids is 1. The maximum absolute atomic E-state index is 11.7. The molecule has 1 aliphatic carbocycles. The van der Waals surface area contributed by atoms with E-state index >= 15 is 0 Å². The summed E-state index contributed by atoms with van der Waals surface area (Å²) in [4.78, 5) is 11.7. The van der Waals surface area contributed by atoms with Crippen molar-refractivity contribution in [3.63, 3.8) is 0 Å². The van der Waals surface area contributed by atoms with Crippen LogP contribution < -0.4 is 0 Å². The predicted octanol–water partition coefficient (Wildman–Crippen LogP) is 8.93. The SMILES string of the molecule is CCCOC(=O)CCCCCC[C@@H]1[C@H](C=C[C@@H](O)CCC[C@@H](C)O[Si](C)(C)C(C)(C)C)[C@H](OC2CCCCO2)C[C@@H]1Cl. The van der Waals surface area contributed by atoms with Gasteiger partial charge >= 0.3 is 5.97 Å². The molecule has 1 saturated carbocycles. The smallest absolute Gasteiger partial charge is 0.305 e. The molecule has 1 unspecified atom stereocenters. The Morgan fingerprint density at radius 3 is 2.52 bits per heavy atom. The molecule has 2 rings (SSSR count). The van der Waals surface area contributed by atoms with Crippen molar-refractivity contribution >= 4 is 25.9 Å². The van der Waals surface area contributed by atoms with Gasteiger partial charge in [-0.25, -0.2) is 0 Å². The molecule has 1 heterocycles. The zero-order valence-electron chi connectivity index (χ0n) is 27.9. The molecule has 0 amide bonds. The first kappa shape index (κ1) is 37.7. The average Bonchev–Trinajstić information content (AvgIpc) is 3.21. The number of alkyl halides is 1. The lowest BCUT2D eigenvalue weighted by atomic mass is 9.88. The second kappa shape index (κ2) is 19.2. The summed E-state index contributed by atoms with van der Waals surface area (Å²) < 4.78 is 24.1. The van der Waals surface area contributed by atoms with Crippen LogP contribution in [0, 0.1) is 11.8 Å². The Hall–Kier alpha value is -0.443. The van der Waals surface area contributed by atoms with Crippen molar-refractivity contribution in [2.24, 2.45) is 11.8 Å². The first-order valence-electron chi connectivity index (χ1n) is 16.9. The van der Waals surface area contributed by atoms with Crippen molar-refractivity contribution in [3.8, 4) is 0 Å². The number of carbonyl (C=O) groups is 1. The van der Waals surface area contributed by atoms with Gasteiger partial charge in [0, 0.05) is 30.4 Å². The quantitative estimate of drug-likeness (QED) is 0.0505. The Bertz CT molecular complexity index is 778. The molecule has 246 valence electrons. The third kappa shape index (κ3) is 13.7. The molecule has 8 heteroatoms. The largest absolute Gasteiger partial charge is 0.466 e. The highest BCUT2D eigenvalue weighted by Gasteiger charge is 2.42. The zero-order chi connectivity index (χ0) is 31.2.